The van der Waals surface area contributed by atoms with Crippen LogP contribution in [-0.4, -0.2) is 43.2 Å². The number of rotatable bonds is 4. The lowest BCUT2D eigenvalue weighted by molar-refractivity contribution is -0.129. The summed E-state index contributed by atoms with van der Waals surface area (Å²) >= 11 is 0. The van der Waals surface area contributed by atoms with Crippen molar-refractivity contribution in [2.75, 3.05) is 13.7 Å². The van der Waals surface area contributed by atoms with Gasteiger partial charge in [-0.15, -0.1) is 0 Å². The van der Waals surface area contributed by atoms with E-state index in [0.717, 1.165) is 35.6 Å². The molecule has 1 N–H and O–H groups in total. The summed E-state index contributed by atoms with van der Waals surface area (Å²) in [5.74, 6) is 1.52. The van der Waals surface area contributed by atoms with Gasteiger partial charge in [0.15, 0.2) is 5.76 Å². The summed E-state index contributed by atoms with van der Waals surface area (Å²) in [5.41, 5.74) is 1.81. The Bertz CT molecular complexity index is 742. The number of aromatic nitrogens is 1. The van der Waals surface area contributed by atoms with E-state index in [1.807, 2.05) is 30.3 Å². The molecule has 0 bridgehead atoms. The van der Waals surface area contributed by atoms with Gasteiger partial charge in [0.05, 0.1) is 25.5 Å². The number of ether oxygens (including phenoxy) is 3. The van der Waals surface area contributed by atoms with Crippen molar-refractivity contribution in [3.05, 3.63) is 36.0 Å². The van der Waals surface area contributed by atoms with Gasteiger partial charge in [0, 0.05) is 18.1 Å². The van der Waals surface area contributed by atoms with Crippen molar-refractivity contribution in [1.82, 2.24) is 10.5 Å². The van der Waals surface area contributed by atoms with Crippen molar-refractivity contribution in [3.8, 4) is 17.1 Å². The number of fused-ring (bicyclic) bond motifs is 1. The van der Waals surface area contributed by atoms with E-state index < -0.39 is 0 Å². The highest BCUT2D eigenvalue weighted by atomic mass is 16.6. The van der Waals surface area contributed by atoms with Crippen LogP contribution >= 0.6 is 0 Å². The Hall–Kier alpha value is -2.54. The van der Waals surface area contributed by atoms with Crippen LogP contribution in [0.25, 0.3) is 11.3 Å². The summed E-state index contributed by atoms with van der Waals surface area (Å²) in [6.07, 6.45) is 1.78. The van der Waals surface area contributed by atoms with E-state index in [0.29, 0.717) is 13.0 Å². The quantitative estimate of drug-likeness (QED) is 0.918. The fourth-order valence-electron chi connectivity index (χ4n) is 3.30. The molecular weight excluding hydrogens is 324 g/mol. The summed E-state index contributed by atoms with van der Waals surface area (Å²) in [6.45, 7) is 0.496. The van der Waals surface area contributed by atoms with Gasteiger partial charge in [-0.1, -0.05) is 5.16 Å². The molecule has 7 nitrogen and oxygen atoms in total. The van der Waals surface area contributed by atoms with Gasteiger partial charge in [-0.25, -0.2) is 4.79 Å². The lowest BCUT2D eigenvalue weighted by Crippen LogP contribution is -2.53. The van der Waals surface area contributed by atoms with E-state index in [1.54, 1.807) is 7.11 Å². The predicted molar refractivity (Wildman–Crippen MR) is 88.4 cm³/mol. The molecule has 2 saturated heterocycles. The molecule has 1 amide bonds. The van der Waals surface area contributed by atoms with Crippen molar-refractivity contribution in [2.45, 2.75) is 37.6 Å². The van der Waals surface area contributed by atoms with Crippen LogP contribution in [0.4, 0.5) is 4.79 Å². The molecule has 1 aromatic heterocycles. The first-order valence-corrected chi connectivity index (χ1v) is 8.41. The Morgan fingerprint density at radius 2 is 2.08 bits per heavy atom. The van der Waals surface area contributed by atoms with Gasteiger partial charge >= 0.3 is 6.09 Å². The van der Waals surface area contributed by atoms with Gasteiger partial charge < -0.3 is 24.1 Å². The number of carbonyl (C=O) groups excluding carboxylic acids is 1. The molecule has 0 saturated carbocycles. The van der Waals surface area contributed by atoms with E-state index in [9.17, 15) is 4.79 Å². The topological polar surface area (TPSA) is 82.8 Å². The Balaban J connectivity index is 1.39. The number of nitrogens with zero attached hydrogens (tertiary/aromatic N) is 1. The average Bonchev–Trinajstić information content (AvgIpc) is 3.10. The minimum Gasteiger partial charge on any atom is -0.497 e. The molecule has 2 fully saturated rings. The van der Waals surface area contributed by atoms with E-state index in [2.05, 4.69) is 10.5 Å². The summed E-state index contributed by atoms with van der Waals surface area (Å²) < 4.78 is 21.9. The van der Waals surface area contributed by atoms with Gasteiger partial charge in [-0.3, -0.25) is 0 Å². The van der Waals surface area contributed by atoms with Gasteiger partial charge in [-0.05, 0) is 37.1 Å². The maximum Gasteiger partial charge on any atom is 0.407 e. The molecule has 0 spiro atoms. The van der Waals surface area contributed by atoms with Crippen LogP contribution in [-0.2, 0) is 15.9 Å². The number of amides is 1. The molecule has 4 rings (SSSR count). The first-order chi connectivity index (χ1) is 12.2. The van der Waals surface area contributed by atoms with Crippen LogP contribution in [0, 0.1) is 0 Å². The Morgan fingerprint density at radius 3 is 2.88 bits per heavy atom. The molecule has 25 heavy (non-hydrogen) atoms. The zero-order chi connectivity index (χ0) is 17.2. The zero-order valence-corrected chi connectivity index (χ0v) is 13.9. The summed E-state index contributed by atoms with van der Waals surface area (Å²) in [4.78, 5) is 11.2. The number of methoxy groups -OCH3 is 1. The lowest BCUT2D eigenvalue weighted by atomic mass is 9.97. The Labute approximate surface area is 145 Å². The highest BCUT2D eigenvalue weighted by Crippen LogP contribution is 2.28. The fourth-order valence-corrected chi connectivity index (χ4v) is 3.30. The minimum atomic E-state index is -0.357. The molecule has 3 atom stereocenters. The Kier molecular flexibility index (Phi) is 4.31. The molecule has 1 aromatic carbocycles. The van der Waals surface area contributed by atoms with Crippen molar-refractivity contribution >= 4 is 6.09 Å². The van der Waals surface area contributed by atoms with Crippen LogP contribution in [0.3, 0.4) is 0 Å². The SMILES string of the molecule is COc1ccc(-c2cc(C[C@@H]3CC[C@@H]4OC(=O)NC[C@H]4O3)no2)cc1. The number of benzene rings is 1. The second kappa shape index (κ2) is 6.76. The van der Waals surface area contributed by atoms with Gasteiger partial charge in [0.25, 0.3) is 0 Å². The van der Waals surface area contributed by atoms with Crippen LogP contribution in [0.15, 0.2) is 34.9 Å². The third kappa shape index (κ3) is 3.46. The molecule has 0 aliphatic carbocycles. The van der Waals surface area contributed by atoms with E-state index in [-0.39, 0.29) is 24.4 Å². The number of carbonyl (C=O) groups is 1. The number of hydrogen-bond acceptors (Lipinski definition) is 6. The zero-order valence-electron chi connectivity index (χ0n) is 13.9. The smallest absolute Gasteiger partial charge is 0.407 e. The third-order valence-corrected chi connectivity index (χ3v) is 4.63. The summed E-state index contributed by atoms with van der Waals surface area (Å²) in [5, 5.41) is 6.83. The monoisotopic (exact) mass is 344 g/mol. The molecule has 0 unspecified atom stereocenters. The highest BCUT2D eigenvalue weighted by Gasteiger charge is 2.37. The second-order valence-electron chi connectivity index (χ2n) is 6.31. The van der Waals surface area contributed by atoms with Crippen LogP contribution in [0.1, 0.15) is 18.5 Å². The largest absolute Gasteiger partial charge is 0.497 e. The average molecular weight is 344 g/mol. The minimum absolute atomic E-state index is 0.0497. The van der Waals surface area contributed by atoms with Gasteiger partial charge in [-0.2, -0.15) is 0 Å². The lowest BCUT2D eigenvalue weighted by Gasteiger charge is -2.38. The number of nitrogens with one attached hydrogen (secondary N) is 1. The molecule has 0 radical (unpaired) electrons. The van der Waals surface area contributed by atoms with Crippen molar-refractivity contribution < 1.29 is 23.5 Å². The normalized spacial score (nSPS) is 25.6. The van der Waals surface area contributed by atoms with Crippen LogP contribution < -0.4 is 10.1 Å². The van der Waals surface area contributed by atoms with Gasteiger partial charge in [0.1, 0.15) is 18.0 Å². The molecule has 3 heterocycles. The standard InChI is InChI=1S/C18H20N2O5/c1-22-13-4-2-11(3-5-13)16-9-12(20-25-16)8-14-6-7-15-17(23-14)10-19-18(21)24-15/h2-5,9,14-15,17H,6-8,10H2,1H3,(H,19,21)/t14-,15-,17+/m0/s1. The molecule has 2 aromatic rings. The highest BCUT2D eigenvalue weighted by molar-refractivity contribution is 5.68. The Morgan fingerprint density at radius 1 is 1.24 bits per heavy atom. The maximum absolute atomic E-state index is 11.2. The van der Waals surface area contributed by atoms with E-state index >= 15 is 0 Å². The third-order valence-electron chi connectivity index (χ3n) is 4.63. The molecule has 132 valence electrons. The molecule has 2 aliphatic heterocycles. The van der Waals surface area contributed by atoms with Crippen molar-refractivity contribution in [2.24, 2.45) is 0 Å². The van der Waals surface area contributed by atoms with Crippen LogP contribution in [0.5, 0.6) is 5.75 Å². The fraction of sp³-hybridized carbons (Fsp3) is 0.444. The van der Waals surface area contributed by atoms with Gasteiger partial charge in [0.2, 0.25) is 0 Å². The predicted octanol–water partition coefficient (Wildman–Crippen LogP) is 2.55. The summed E-state index contributed by atoms with van der Waals surface area (Å²) in [6, 6.07) is 9.59. The summed E-state index contributed by atoms with van der Waals surface area (Å²) in [7, 11) is 1.64. The van der Waals surface area contributed by atoms with E-state index in [1.165, 1.54) is 0 Å². The molecule has 7 heteroatoms. The van der Waals surface area contributed by atoms with Crippen molar-refractivity contribution in [3.63, 3.8) is 0 Å². The second-order valence-corrected chi connectivity index (χ2v) is 6.31. The first-order valence-electron chi connectivity index (χ1n) is 8.41. The number of alkyl carbamates (subject to hydrolysis) is 1. The first kappa shape index (κ1) is 16.0. The van der Waals surface area contributed by atoms with E-state index in [4.69, 9.17) is 18.7 Å². The van der Waals surface area contributed by atoms with Crippen molar-refractivity contribution in [1.29, 1.82) is 0 Å². The number of hydrogen-bond donors (Lipinski definition) is 1. The molecule has 2 aliphatic rings. The molecular formula is C18H20N2O5. The van der Waals surface area contributed by atoms with Crippen LogP contribution in [0.2, 0.25) is 0 Å². The maximum atomic E-state index is 11.2.